The molecule has 7 heteroatoms. The van der Waals surface area contributed by atoms with Crippen molar-refractivity contribution in [2.45, 2.75) is 13.0 Å². The predicted octanol–water partition coefficient (Wildman–Crippen LogP) is 2.01. The van der Waals surface area contributed by atoms with Gasteiger partial charge in [0.25, 0.3) is 11.6 Å². The highest BCUT2D eigenvalue weighted by atomic mass is 35.5. The Bertz CT molecular complexity index is 464. The molecule has 1 rings (SSSR count). The Morgan fingerprint density at radius 2 is 2.28 bits per heavy atom. The number of nitrogens with zero attached hydrogens (tertiary/aromatic N) is 1. The number of methoxy groups -OCH3 is 1. The number of ether oxygens (including phenoxy) is 1. The number of non-ortho nitro benzene ring substituents is 1. The lowest BCUT2D eigenvalue weighted by Crippen LogP contribution is -2.35. The molecule has 0 radical (unpaired) electrons. The van der Waals surface area contributed by atoms with E-state index in [0.717, 1.165) is 6.07 Å². The Kier molecular flexibility index (Phi) is 5.06. The van der Waals surface area contributed by atoms with Crippen LogP contribution in [0.15, 0.2) is 18.2 Å². The van der Waals surface area contributed by atoms with E-state index in [1.807, 2.05) is 0 Å². The highest BCUT2D eigenvalue weighted by Gasteiger charge is 2.17. The molecular weight excluding hydrogens is 260 g/mol. The first-order valence-electron chi connectivity index (χ1n) is 5.19. The summed E-state index contributed by atoms with van der Waals surface area (Å²) in [5.41, 5.74) is -0.0993. The maximum Gasteiger partial charge on any atom is 0.270 e. The monoisotopic (exact) mass is 272 g/mol. The van der Waals surface area contributed by atoms with Crippen molar-refractivity contribution in [1.82, 2.24) is 5.32 Å². The minimum absolute atomic E-state index is 0.0776. The van der Waals surface area contributed by atoms with Crippen LogP contribution in [-0.2, 0) is 4.74 Å². The van der Waals surface area contributed by atoms with Crippen LogP contribution in [0.3, 0.4) is 0 Å². The van der Waals surface area contributed by atoms with Gasteiger partial charge in [-0.2, -0.15) is 0 Å². The second kappa shape index (κ2) is 6.32. The summed E-state index contributed by atoms with van der Waals surface area (Å²) in [6.07, 6.45) is 0. The molecule has 1 unspecified atom stereocenters. The van der Waals surface area contributed by atoms with Gasteiger partial charge in [0.2, 0.25) is 0 Å². The van der Waals surface area contributed by atoms with Crippen molar-refractivity contribution < 1.29 is 14.5 Å². The van der Waals surface area contributed by atoms with Crippen molar-refractivity contribution in [2.24, 2.45) is 0 Å². The molecule has 1 N–H and O–H groups in total. The van der Waals surface area contributed by atoms with E-state index in [9.17, 15) is 14.9 Å². The van der Waals surface area contributed by atoms with E-state index in [-0.39, 0.29) is 22.3 Å². The van der Waals surface area contributed by atoms with Crippen molar-refractivity contribution in [3.63, 3.8) is 0 Å². The SMILES string of the molecule is COCC(C)NC(=O)c1cc([N+](=O)[O-])ccc1Cl. The zero-order valence-corrected chi connectivity index (χ0v) is 10.7. The van der Waals surface area contributed by atoms with Gasteiger partial charge < -0.3 is 10.1 Å². The summed E-state index contributed by atoms with van der Waals surface area (Å²) < 4.78 is 4.88. The maximum absolute atomic E-state index is 11.9. The largest absolute Gasteiger partial charge is 0.383 e. The number of hydrogen-bond acceptors (Lipinski definition) is 4. The van der Waals surface area contributed by atoms with Crippen LogP contribution in [-0.4, -0.2) is 30.6 Å². The van der Waals surface area contributed by atoms with Gasteiger partial charge in [-0.1, -0.05) is 11.6 Å². The number of nitro benzene ring substituents is 1. The van der Waals surface area contributed by atoms with E-state index >= 15 is 0 Å². The molecular formula is C11H13ClN2O4. The fourth-order valence-electron chi connectivity index (χ4n) is 1.39. The molecule has 0 heterocycles. The van der Waals surface area contributed by atoms with Gasteiger partial charge >= 0.3 is 0 Å². The average molecular weight is 273 g/mol. The topological polar surface area (TPSA) is 81.5 Å². The van der Waals surface area contributed by atoms with Gasteiger partial charge in [0.05, 0.1) is 22.1 Å². The van der Waals surface area contributed by atoms with Crippen LogP contribution in [0.1, 0.15) is 17.3 Å². The lowest BCUT2D eigenvalue weighted by Gasteiger charge is -2.13. The lowest BCUT2D eigenvalue weighted by molar-refractivity contribution is -0.384. The molecule has 1 amide bonds. The molecule has 1 aromatic rings. The van der Waals surface area contributed by atoms with Crippen LogP contribution in [0.2, 0.25) is 5.02 Å². The number of carbonyl (C=O) groups is 1. The third kappa shape index (κ3) is 3.68. The quantitative estimate of drug-likeness (QED) is 0.657. The molecule has 98 valence electrons. The van der Waals surface area contributed by atoms with Gasteiger partial charge in [-0.15, -0.1) is 0 Å². The standard InChI is InChI=1S/C11H13ClN2O4/c1-7(6-18-2)13-11(15)9-5-8(14(16)17)3-4-10(9)12/h3-5,7H,6H2,1-2H3,(H,13,15). The first-order valence-corrected chi connectivity index (χ1v) is 5.57. The maximum atomic E-state index is 11.9. The Labute approximate surface area is 109 Å². The van der Waals surface area contributed by atoms with Crippen molar-refractivity contribution >= 4 is 23.2 Å². The van der Waals surface area contributed by atoms with E-state index in [4.69, 9.17) is 16.3 Å². The minimum Gasteiger partial charge on any atom is -0.383 e. The molecule has 0 aliphatic carbocycles. The van der Waals surface area contributed by atoms with Crippen LogP contribution in [0.5, 0.6) is 0 Å². The van der Waals surface area contributed by atoms with E-state index in [1.165, 1.54) is 19.2 Å². The molecule has 0 aliphatic heterocycles. The fourth-order valence-corrected chi connectivity index (χ4v) is 1.60. The number of carbonyl (C=O) groups excluding carboxylic acids is 1. The van der Waals surface area contributed by atoms with Crippen molar-refractivity contribution in [3.05, 3.63) is 38.9 Å². The Morgan fingerprint density at radius 1 is 1.61 bits per heavy atom. The first-order chi connectivity index (χ1) is 8.45. The van der Waals surface area contributed by atoms with Crippen LogP contribution in [0.4, 0.5) is 5.69 Å². The zero-order valence-electron chi connectivity index (χ0n) is 9.97. The lowest BCUT2D eigenvalue weighted by atomic mass is 10.1. The van der Waals surface area contributed by atoms with Gasteiger partial charge in [-0.3, -0.25) is 14.9 Å². The van der Waals surface area contributed by atoms with Crippen LogP contribution < -0.4 is 5.32 Å². The molecule has 0 aromatic heterocycles. The van der Waals surface area contributed by atoms with E-state index < -0.39 is 10.8 Å². The van der Waals surface area contributed by atoms with E-state index in [0.29, 0.717) is 6.61 Å². The number of nitro groups is 1. The molecule has 1 atom stereocenters. The molecule has 0 saturated heterocycles. The van der Waals surface area contributed by atoms with Crippen molar-refractivity contribution in [3.8, 4) is 0 Å². The van der Waals surface area contributed by atoms with Gasteiger partial charge in [0.1, 0.15) is 0 Å². The van der Waals surface area contributed by atoms with Crippen LogP contribution >= 0.6 is 11.6 Å². The number of rotatable bonds is 5. The van der Waals surface area contributed by atoms with Gasteiger partial charge in [-0.25, -0.2) is 0 Å². The Hall–Kier alpha value is -1.66. The molecule has 6 nitrogen and oxygen atoms in total. The normalized spacial score (nSPS) is 11.9. The summed E-state index contributed by atoms with van der Waals surface area (Å²) in [5, 5.41) is 13.4. The number of benzene rings is 1. The van der Waals surface area contributed by atoms with Gasteiger partial charge in [0, 0.05) is 25.3 Å². The smallest absolute Gasteiger partial charge is 0.270 e. The zero-order chi connectivity index (χ0) is 13.7. The van der Waals surface area contributed by atoms with Crippen LogP contribution in [0, 0.1) is 10.1 Å². The summed E-state index contributed by atoms with van der Waals surface area (Å²) in [7, 11) is 1.52. The summed E-state index contributed by atoms with van der Waals surface area (Å²) in [6.45, 7) is 2.10. The predicted molar refractivity (Wildman–Crippen MR) is 66.9 cm³/mol. The molecule has 0 spiro atoms. The molecule has 1 aromatic carbocycles. The van der Waals surface area contributed by atoms with Gasteiger partial charge in [0.15, 0.2) is 0 Å². The number of amides is 1. The number of halogens is 1. The average Bonchev–Trinajstić information content (AvgIpc) is 2.29. The minimum atomic E-state index is -0.578. The van der Waals surface area contributed by atoms with Crippen LogP contribution in [0.25, 0.3) is 0 Å². The fraction of sp³-hybridized carbons (Fsp3) is 0.364. The molecule has 0 aliphatic rings. The molecule has 18 heavy (non-hydrogen) atoms. The van der Waals surface area contributed by atoms with E-state index in [2.05, 4.69) is 5.32 Å². The third-order valence-corrected chi connectivity index (χ3v) is 2.53. The Balaban J connectivity index is 2.91. The summed E-state index contributed by atoms with van der Waals surface area (Å²) in [5.74, 6) is -0.465. The van der Waals surface area contributed by atoms with Crippen molar-refractivity contribution in [2.75, 3.05) is 13.7 Å². The first kappa shape index (κ1) is 14.4. The molecule has 0 saturated carbocycles. The van der Waals surface area contributed by atoms with Gasteiger partial charge in [-0.05, 0) is 13.0 Å². The number of hydrogen-bond donors (Lipinski definition) is 1. The third-order valence-electron chi connectivity index (χ3n) is 2.20. The highest BCUT2D eigenvalue weighted by Crippen LogP contribution is 2.21. The highest BCUT2D eigenvalue weighted by molar-refractivity contribution is 6.33. The summed E-state index contributed by atoms with van der Waals surface area (Å²) in [4.78, 5) is 21.9. The molecule has 0 fully saturated rings. The van der Waals surface area contributed by atoms with Crippen molar-refractivity contribution in [1.29, 1.82) is 0 Å². The second-order valence-electron chi connectivity index (χ2n) is 3.75. The number of nitrogens with one attached hydrogen (secondary N) is 1. The molecule has 0 bridgehead atoms. The summed E-state index contributed by atoms with van der Waals surface area (Å²) in [6, 6.07) is 3.52. The summed E-state index contributed by atoms with van der Waals surface area (Å²) >= 11 is 5.84. The Morgan fingerprint density at radius 3 is 2.83 bits per heavy atom. The second-order valence-corrected chi connectivity index (χ2v) is 4.16. The van der Waals surface area contributed by atoms with E-state index in [1.54, 1.807) is 6.92 Å².